The van der Waals surface area contributed by atoms with Crippen molar-refractivity contribution in [3.63, 3.8) is 0 Å². The van der Waals surface area contributed by atoms with Crippen LogP contribution in [0.2, 0.25) is 0 Å². The van der Waals surface area contributed by atoms with Gasteiger partial charge in [0.1, 0.15) is 0 Å². The van der Waals surface area contributed by atoms with Crippen molar-refractivity contribution < 1.29 is 14.3 Å². The van der Waals surface area contributed by atoms with Crippen molar-refractivity contribution in [1.29, 1.82) is 0 Å². The summed E-state index contributed by atoms with van der Waals surface area (Å²) in [7, 11) is 0. The van der Waals surface area contributed by atoms with Crippen molar-refractivity contribution in [1.82, 2.24) is 4.90 Å². The van der Waals surface area contributed by atoms with E-state index in [1.165, 1.54) is 0 Å². The van der Waals surface area contributed by atoms with Crippen LogP contribution >= 0.6 is 0 Å². The molecule has 1 rings (SSSR count). The average Bonchev–Trinajstić information content (AvgIpc) is 2.43. The number of hydrogen-bond acceptors (Lipinski definition) is 3. The first-order valence-corrected chi connectivity index (χ1v) is 6.99. The predicted octanol–water partition coefficient (Wildman–Crippen LogP) is 2.42. The summed E-state index contributed by atoms with van der Waals surface area (Å²) in [4.78, 5) is 14.0. The zero-order valence-electron chi connectivity index (χ0n) is 12.2. The monoisotopic (exact) mass is 257 g/mol. The van der Waals surface area contributed by atoms with Gasteiger partial charge in [-0.25, -0.2) is 0 Å². The highest BCUT2D eigenvalue weighted by Gasteiger charge is 2.28. The van der Waals surface area contributed by atoms with Crippen LogP contribution in [-0.2, 0) is 14.3 Å². The van der Waals surface area contributed by atoms with Gasteiger partial charge in [0.25, 0.3) is 0 Å². The normalized spacial score (nSPS) is 20.3. The first-order chi connectivity index (χ1) is 8.48. The van der Waals surface area contributed by atoms with Gasteiger partial charge in [0.15, 0.2) is 6.29 Å². The zero-order valence-corrected chi connectivity index (χ0v) is 12.2. The quantitative estimate of drug-likeness (QED) is 0.686. The molecule has 0 bridgehead atoms. The minimum absolute atomic E-state index is 0.227. The lowest BCUT2D eigenvalue weighted by molar-refractivity contribution is -0.158. The van der Waals surface area contributed by atoms with Crippen LogP contribution in [0.3, 0.4) is 0 Å². The molecule has 0 aromatic heterocycles. The number of rotatable bonds is 6. The third kappa shape index (κ3) is 4.94. The van der Waals surface area contributed by atoms with Gasteiger partial charge in [-0.05, 0) is 32.1 Å². The van der Waals surface area contributed by atoms with Crippen LogP contribution < -0.4 is 0 Å². The second kappa shape index (κ2) is 7.10. The molecule has 106 valence electrons. The molecule has 4 nitrogen and oxygen atoms in total. The molecule has 1 aliphatic heterocycles. The van der Waals surface area contributed by atoms with E-state index in [0.717, 1.165) is 19.4 Å². The highest BCUT2D eigenvalue weighted by molar-refractivity contribution is 5.76. The Labute approximate surface area is 111 Å². The molecule has 4 heteroatoms. The van der Waals surface area contributed by atoms with Gasteiger partial charge in [-0.1, -0.05) is 13.8 Å². The molecule has 0 unspecified atom stereocenters. The Bertz CT molecular complexity index is 260. The lowest BCUT2D eigenvalue weighted by Crippen LogP contribution is -2.39. The van der Waals surface area contributed by atoms with Crippen LogP contribution in [0, 0.1) is 5.41 Å². The number of likely N-dealkylation sites (tertiary alicyclic amines) is 1. The molecule has 0 spiro atoms. The van der Waals surface area contributed by atoms with Gasteiger partial charge in [-0.3, -0.25) is 4.79 Å². The molecule has 0 aromatic rings. The molecule has 0 N–H and O–H groups in total. The predicted molar refractivity (Wildman–Crippen MR) is 71.3 cm³/mol. The SMILES string of the molecule is CCOC(CN1CCC(C)(C)CCC1=O)OCC. The van der Waals surface area contributed by atoms with Crippen molar-refractivity contribution >= 4 is 5.91 Å². The Morgan fingerprint density at radius 2 is 1.83 bits per heavy atom. The van der Waals surface area contributed by atoms with Gasteiger partial charge >= 0.3 is 0 Å². The molecule has 0 radical (unpaired) electrons. The van der Waals surface area contributed by atoms with Crippen LogP contribution in [0.4, 0.5) is 0 Å². The molecular weight excluding hydrogens is 230 g/mol. The first-order valence-electron chi connectivity index (χ1n) is 6.99. The molecule has 0 aromatic carbocycles. The van der Waals surface area contributed by atoms with E-state index in [2.05, 4.69) is 13.8 Å². The number of carbonyl (C=O) groups is 1. The molecule has 0 aliphatic carbocycles. The van der Waals surface area contributed by atoms with Crippen molar-refractivity contribution in [2.45, 2.75) is 53.2 Å². The number of hydrogen-bond donors (Lipinski definition) is 0. The minimum Gasteiger partial charge on any atom is -0.351 e. The molecule has 0 atom stereocenters. The van der Waals surface area contributed by atoms with E-state index >= 15 is 0 Å². The van der Waals surface area contributed by atoms with Crippen molar-refractivity contribution in [2.75, 3.05) is 26.3 Å². The molecule has 1 fully saturated rings. The zero-order chi connectivity index (χ0) is 13.6. The molecule has 18 heavy (non-hydrogen) atoms. The van der Waals surface area contributed by atoms with E-state index in [1.807, 2.05) is 18.7 Å². The Hall–Kier alpha value is -0.610. The third-order valence-electron chi connectivity index (χ3n) is 3.50. The summed E-state index contributed by atoms with van der Waals surface area (Å²) in [6.45, 7) is 10.9. The van der Waals surface area contributed by atoms with Crippen molar-refractivity contribution in [3.8, 4) is 0 Å². The fourth-order valence-electron chi connectivity index (χ4n) is 2.19. The summed E-state index contributed by atoms with van der Waals surface area (Å²) in [5.74, 6) is 0.227. The summed E-state index contributed by atoms with van der Waals surface area (Å²) >= 11 is 0. The topological polar surface area (TPSA) is 38.8 Å². The first kappa shape index (κ1) is 15.4. The third-order valence-corrected chi connectivity index (χ3v) is 3.50. The van der Waals surface area contributed by atoms with Gasteiger partial charge in [-0.15, -0.1) is 0 Å². The number of ether oxygens (including phenoxy) is 2. The van der Waals surface area contributed by atoms with Gasteiger partial charge in [0.2, 0.25) is 5.91 Å². The van der Waals surface area contributed by atoms with Crippen molar-refractivity contribution in [2.24, 2.45) is 5.41 Å². The minimum atomic E-state index is -0.287. The summed E-state index contributed by atoms with van der Waals surface area (Å²) in [6, 6.07) is 0. The van der Waals surface area contributed by atoms with Gasteiger partial charge in [-0.2, -0.15) is 0 Å². The van der Waals surface area contributed by atoms with Gasteiger partial charge in [0.05, 0.1) is 6.54 Å². The maximum absolute atomic E-state index is 12.1. The van der Waals surface area contributed by atoms with Gasteiger partial charge < -0.3 is 14.4 Å². The second-order valence-corrected chi connectivity index (χ2v) is 5.59. The highest BCUT2D eigenvalue weighted by atomic mass is 16.7. The molecule has 1 amide bonds. The Morgan fingerprint density at radius 1 is 1.22 bits per heavy atom. The molecule has 0 saturated carbocycles. The van der Waals surface area contributed by atoms with E-state index in [0.29, 0.717) is 26.2 Å². The summed E-state index contributed by atoms with van der Waals surface area (Å²) in [5.41, 5.74) is 0.261. The summed E-state index contributed by atoms with van der Waals surface area (Å²) in [6.07, 6.45) is 2.36. The maximum atomic E-state index is 12.1. The molecule has 1 heterocycles. The smallest absolute Gasteiger partial charge is 0.222 e. The number of amides is 1. The maximum Gasteiger partial charge on any atom is 0.222 e. The number of carbonyl (C=O) groups excluding carboxylic acids is 1. The van der Waals surface area contributed by atoms with Crippen LogP contribution in [0.15, 0.2) is 0 Å². The van der Waals surface area contributed by atoms with E-state index in [4.69, 9.17) is 9.47 Å². The van der Waals surface area contributed by atoms with Crippen molar-refractivity contribution in [3.05, 3.63) is 0 Å². The summed E-state index contributed by atoms with van der Waals surface area (Å²) in [5, 5.41) is 0. The second-order valence-electron chi connectivity index (χ2n) is 5.59. The highest BCUT2D eigenvalue weighted by Crippen LogP contribution is 2.30. The van der Waals surface area contributed by atoms with E-state index in [-0.39, 0.29) is 17.6 Å². The Morgan fingerprint density at radius 3 is 2.39 bits per heavy atom. The van der Waals surface area contributed by atoms with E-state index < -0.39 is 0 Å². The molecule has 1 aliphatic rings. The standard InChI is InChI=1S/C14H27NO3/c1-5-17-13(18-6-2)11-15-10-9-14(3,4)8-7-12(15)16/h13H,5-11H2,1-4H3. The fourth-order valence-corrected chi connectivity index (χ4v) is 2.19. The number of nitrogens with zero attached hydrogens (tertiary/aromatic N) is 1. The summed E-state index contributed by atoms with van der Waals surface area (Å²) < 4.78 is 11.0. The van der Waals surface area contributed by atoms with Crippen LogP contribution in [0.25, 0.3) is 0 Å². The lowest BCUT2D eigenvalue weighted by atomic mass is 9.85. The fraction of sp³-hybridized carbons (Fsp3) is 0.929. The molecule has 1 saturated heterocycles. The Balaban J connectivity index is 2.55. The van der Waals surface area contributed by atoms with Crippen LogP contribution in [0.5, 0.6) is 0 Å². The van der Waals surface area contributed by atoms with Crippen LogP contribution in [0.1, 0.15) is 47.0 Å². The Kier molecular flexibility index (Phi) is 6.09. The van der Waals surface area contributed by atoms with Crippen LogP contribution in [-0.4, -0.2) is 43.4 Å². The van der Waals surface area contributed by atoms with E-state index in [9.17, 15) is 4.79 Å². The van der Waals surface area contributed by atoms with Gasteiger partial charge in [0, 0.05) is 26.2 Å². The average molecular weight is 257 g/mol. The lowest BCUT2D eigenvalue weighted by Gasteiger charge is -2.27. The van der Waals surface area contributed by atoms with E-state index in [1.54, 1.807) is 0 Å². The molecular formula is C14H27NO3. The largest absolute Gasteiger partial charge is 0.351 e.